The van der Waals surface area contributed by atoms with Gasteiger partial charge in [0.1, 0.15) is 11.5 Å². The quantitative estimate of drug-likeness (QED) is 0.168. The zero-order valence-electron chi connectivity index (χ0n) is 28.7. The fourth-order valence-electron chi connectivity index (χ4n) is 6.16. The van der Waals surface area contributed by atoms with E-state index in [4.69, 9.17) is 23.3 Å². The first-order valence-corrected chi connectivity index (χ1v) is 18.6. The van der Waals surface area contributed by atoms with Gasteiger partial charge in [-0.15, -0.1) is 0 Å². The Bertz CT molecular complexity index is 1890. The van der Waals surface area contributed by atoms with Gasteiger partial charge in [0.05, 0.1) is 36.5 Å². The summed E-state index contributed by atoms with van der Waals surface area (Å²) in [5.74, 6) is 1.00. The third-order valence-corrected chi connectivity index (χ3v) is 8.65. The molecule has 12 nitrogen and oxygen atoms in total. The molecule has 2 fully saturated rings. The summed E-state index contributed by atoms with van der Waals surface area (Å²) in [7, 11) is -1.96. The van der Waals surface area contributed by atoms with Gasteiger partial charge in [0.2, 0.25) is 0 Å². The highest BCUT2D eigenvalue weighted by atomic mass is 32.2. The van der Waals surface area contributed by atoms with Gasteiger partial charge in [-0.3, -0.25) is 19.0 Å². The Morgan fingerprint density at radius 2 is 1.68 bits per heavy atom. The minimum Gasteiger partial charge on any atom is -0.495 e. The number of carbonyl (C=O) groups excluding carboxylic acids is 1. The Labute approximate surface area is 292 Å². The summed E-state index contributed by atoms with van der Waals surface area (Å²) < 4.78 is 43.6. The molecule has 4 aromatic rings. The number of benzene rings is 3. The number of carbonyl (C=O) groups is 1. The second-order valence-electron chi connectivity index (χ2n) is 12.3. The monoisotopic (exact) mass is 707 g/mol. The molecule has 0 bridgehead atoms. The third kappa shape index (κ3) is 9.70. The van der Waals surface area contributed by atoms with Gasteiger partial charge in [-0.05, 0) is 50.5 Å². The van der Waals surface area contributed by atoms with E-state index >= 15 is 0 Å². The van der Waals surface area contributed by atoms with Crippen LogP contribution in [0.3, 0.4) is 0 Å². The molecule has 6 rings (SSSR count). The number of ether oxygens (including phenoxy) is 2. The Morgan fingerprint density at radius 3 is 2.36 bits per heavy atom. The van der Waals surface area contributed by atoms with E-state index < -0.39 is 16.4 Å². The highest BCUT2D eigenvalue weighted by Crippen LogP contribution is 2.30. The summed E-state index contributed by atoms with van der Waals surface area (Å²) in [5.41, 5.74) is 2.81. The van der Waals surface area contributed by atoms with Crippen LogP contribution in [0.15, 0.2) is 82.0 Å². The predicted molar refractivity (Wildman–Crippen MR) is 192 cm³/mol. The Balaban J connectivity index is 0.000000908. The molecule has 2 aliphatic rings. The number of anilines is 1. The molecule has 1 unspecified atom stereocenters. The van der Waals surface area contributed by atoms with Crippen LogP contribution in [0.1, 0.15) is 41.6 Å². The van der Waals surface area contributed by atoms with Crippen LogP contribution in [0.4, 0.5) is 5.69 Å². The van der Waals surface area contributed by atoms with E-state index in [1.807, 2.05) is 48.5 Å². The van der Waals surface area contributed by atoms with E-state index in [1.54, 1.807) is 32.2 Å². The molecule has 0 radical (unpaired) electrons. The van der Waals surface area contributed by atoms with Gasteiger partial charge in [0.25, 0.3) is 16.0 Å². The molecule has 2 aliphatic heterocycles. The van der Waals surface area contributed by atoms with Crippen molar-refractivity contribution >= 4 is 32.7 Å². The van der Waals surface area contributed by atoms with Crippen molar-refractivity contribution in [1.29, 1.82) is 0 Å². The van der Waals surface area contributed by atoms with Gasteiger partial charge < -0.3 is 18.8 Å². The lowest BCUT2D eigenvalue weighted by Gasteiger charge is -2.37. The van der Waals surface area contributed by atoms with Crippen molar-refractivity contribution in [3.63, 3.8) is 0 Å². The minimum absolute atomic E-state index is 0.153. The van der Waals surface area contributed by atoms with E-state index in [2.05, 4.69) is 15.9 Å². The number of methoxy groups -OCH3 is 1. The lowest BCUT2D eigenvalue weighted by Crippen LogP contribution is -2.47. The summed E-state index contributed by atoms with van der Waals surface area (Å²) in [6.07, 6.45) is 3.62. The van der Waals surface area contributed by atoms with Crippen molar-refractivity contribution in [2.45, 2.75) is 38.9 Å². The van der Waals surface area contributed by atoms with E-state index in [1.165, 1.54) is 5.06 Å². The zero-order valence-corrected chi connectivity index (χ0v) is 29.6. The molecular formula is C37H45N3O9S. The molecule has 50 heavy (non-hydrogen) atoms. The van der Waals surface area contributed by atoms with Gasteiger partial charge in [-0.2, -0.15) is 8.42 Å². The van der Waals surface area contributed by atoms with E-state index in [0.717, 1.165) is 75.4 Å². The molecule has 3 aromatic carbocycles. The number of para-hydroxylation sites is 3. The molecule has 0 saturated carbocycles. The molecular weight excluding hydrogens is 662 g/mol. The SMILES string of the molecule is COc1ccccc1N1CCN(CCCN(OC2CCCCO2)C(=O)c2cccc3c(=O)c(C)c(-c4ccccc4)oc23)CC1.CS(=O)(=O)O. The molecule has 1 N–H and O–H groups in total. The standard InChI is InChI=1S/C36H41N3O6.CH4O3S/c1-26-33(40)28-14-10-15-29(35(28)44-34(26)27-12-4-3-5-13-27)36(41)39(45-32-18-8-9-25-43-32)20-11-19-37-21-23-38(24-22-37)30-16-6-7-17-31(30)42-2;1-5(2,3)4/h3-7,10,12-17,32H,8-9,11,18-25H2,1-2H3;1H3,(H,2,3,4). The smallest absolute Gasteiger partial charge is 0.281 e. The van der Waals surface area contributed by atoms with Gasteiger partial charge in [-0.25, -0.2) is 9.90 Å². The van der Waals surface area contributed by atoms with E-state index in [9.17, 15) is 18.0 Å². The molecule has 0 spiro atoms. The summed E-state index contributed by atoms with van der Waals surface area (Å²) in [4.78, 5) is 38.6. The van der Waals surface area contributed by atoms with E-state index in [-0.39, 0.29) is 16.9 Å². The number of amides is 1. The lowest BCUT2D eigenvalue weighted by molar-refractivity contribution is -0.267. The number of piperazine rings is 1. The summed E-state index contributed by atoms with van der Waals surface area (Å²) in [5, 5.41) is 1.79. The number of hydrogen-bond donors (Lipinski definition) is 1. The first kappa shape index (κ1) is 37.0. The fourth-order valence-corrected chi connectivity index (χ4v) is 6.16. The van der Waals surface area contributed by atoms with Crippen molar-refractivity contribution < 1.29 is 36.5 Å². The second kappa shape index (κ2) is 17.1. The fraction of sp³-hybridized carbons (Fsp3) is 0.405. The van der Waals surface area contributed by atoms with Gasteiger partial charge in [0, 0.05) is 56.9 Å². The Kier molecular flexibility index (Phi) is 12.7. The maximum Gasteiger partial charge on any atom is 0.281 e. The molecule has 2 saturated heterocycles. The van der Waals surface area contributed by atoms with Crippen LogP contribution < -0.4 is 15.1 Å². The lowest BCUT2D eigenvalue weighted by atomic mass is 10.0. The van der Waals surface area contributed by atoms with Crippen molar-refractivity contribution in [3.05, 3.63) is 94.1 Å². The van der Waals surface area contributed by atoms with Crippen LogP contribution in [0, 0.1) is 6.92 Å². The minimum atomic E-state index is -3.67. The Morgan fingerprint density at radius 1 is 0.980 bits per heavy atom. The second-order valence-corrected chi connectivity index (χ2v) is 13.8. The number of hydrogen-bond acceptors (Lipinski definition) is 10. The third-order valence-electron chi connectivity index (χ3n) is 8.65. The van der Waals surface area contributed by atoms with Gasteiger partial charge in [0.15, 0.2) is 17.3 Å². The van der Waals surface area contributed by atoms with Crippen molar-refractivity contribution in [1.82, 2.24) is 9.96 Å². The molecule has 13 heteroatoms. The highest BCUT2D eigenvalue weighted by molar-refractivity contribution is 7.85. The van der Waals surface area contributed by atoms with Crippen LogP contribution in [-0.4, -0.2) is 94.4 Å². The Hall–Kier alpha value is -4.27. The predicted octanol–water partition coefficient (Wildman–Crippen LogP) is 5.39. The van der Waals surface area contributed by atoms with Crippen molar-refractivity contribution in [3.8, 4) is 17.1 Å². The van der Waals surface area contributed by atoms with Crippen molar-refractivity contribution in [2.24, 2.45) is 0 Å². The average Bonchev–Trinajstić information content (AvgIpc) is 3.12. The first-order valence-electron chi connectivity index (χ1n) is 16.8. The van der Waals surface area contributed by atoms with Crippen LogP contribution in [0.5, 0.6) is 5.75 Å². The molecule has 3 heterocycles. The van der Waals surface area contributed by atoms with Crippen LogP contribution in [0.25, 0.3) is 22.3 Å². The highest BCUT2D eigenvalue weighted by Gasteiger charge is 2.27. The average molecular weight is 708 g/mol. The molecule has 0 aliphatic carbocycles. The van der Waals surface area contributed by atoms with Crippen LogP contribution in [-0.2, 0) is 19.7 Å². The van der Waals surface area contributed by atoms with Crippen molar-refractivity contribution in [2.75, 3.05) is 64.1 Å². The van der Waals surface area contributed by atoms with Crippen LogP contribution in [0.2, 0.25) is 0 Å². The molecule has 1 amide bonds. The summed E-state index contributed by atoms with van der Waals surface area (Å²) in [6, 6.07) is 22.8. The van der Waals surface area contributed by atoms with Gasteiger partial charge >= 0.3 is 0 Å². The number of hydroxylamine groups is 2. The summed E-state index contributed by atoms with van der Waals surface area (Å²) >= 11 is 0. The van der Waals surface area contributed by atoms with Gasteiger partial charge in [-0.1, -0.05) is 48.5 Å². The normalized spacial score (nSPS) is 16.8. The first-order chi connectivity index (χ1) is 24.0. The number of fused-ring (bicyclic) bond motifs is 1. The maximum atomic E-state index is 14.2. The topological polar surface area (TPSA) is 139 Å². The largest absolute Gasteiger partial charge is 0.495 e. The molecule has 1 aromatic heterocycles. The van der Waals surface area contributed by atoms with E-state index in [0.29, 0.717) is 41.7 Å². The number of nitrogens with zero attached hydrogens (tertiary/aromatic N) is 3. The van der Waals surface area contributed by atoms with Crippen LogP contribution >= 0.6 is 0 Å². The molecule has 1 atom stereocenters. The number of rotatable bonds is 10. The zero-order chi connectivity index (χ0) is 35.7. The molecule has 268 valence electrons. The summed E-state index contributed by atoms with van der Waals surface area (Å²) in [6.45, 7) is 7.18. The maximum absolute atomic E-state index is 14.2.